The predicted octanol–water partition coefficient (Wildman–Crippen LogP) is 1.76. The van der Waals surface area contributed by atoms with Gasteiger partial charge in [0.1, 0.15) is 11.6 Å². The van der Waals surface area contributed by atoms with Crippen LogP contribution in [0.3, 0.4) is 0 Å². The molecule has 7 heteroatoms. The number of anilines is 2. The molecule has 1 heterocycles. The van der Waals surface area contributed by atoms with E-state index in [4.69, 9.17) is 5.84 Å². The van der Waals surface area contributed by atoms with E-state index < -0.39 is 4.92 Å². The summed E-state index contributed by atoms with van der Waals surface area (Å²) in [5, 5.41) is 10.8. The molecular formula is C11H19N5O2. The fraction of sp³-hybridized carbons (Fsp3) is 0.545. The molecule has 7 nitrogen and oxygen atoms in total. The first-order chi connectivity index (χ1) is 8.47. The van der Waals surface area contributed by atoms with Crippen molar-refractivity contribution in [3.63, 3.8) is 0 Å². The van der Waals surface area contributed by atoms with Crippen molar-refractivity contribution in [1.29, 1.82) is 0 Å². The van der Waals surface area contributed by atoms with Crippen LogP contribution in [0.25, 0.3) is 0 Å². The molecule has 0 spiro atoms. The number of nitrogen functional groups attached to an aromatic ring is 1. The van der Waals surface area contributed by atoms with Gasteiger partial charge in [0.2, 0.25) is 0 Å². The number of hydrogen-bond acceptors (Lipinski definition) is 6. The van der Waals surface area contributed by atoms with Crippen molar-refractivity contribution in [3.05, 3.63) is 22.2 Å². The third-order valence-electron chi connectivity index (χ3n) is 2.45. The van der Waals surface area contributed by atoms with Gasteiger partial charge in [0.25, 0.3) is 5.69 Å². The first-order valence-corrected chi connectivity index (χ1v) is 5.86. The van der Waals surface area contributed by atoms with Crippen LogP contribution in [0, 0.1) is 16.0 Å². The highest BCUT2D eigenvalue weighted by atomic mass is 16.6. The predicted molar refractivity (Wildman–Crippen MR) is 71.4 cm³/mol. The molecule has 1 aromatic heterocycles. The normalized spacial score (nSPS) is 10.5. The maximum Gasteiger partial charge on any atom is 0.276 e. The Morgan fingerprint density at radius 2 is 2.22 bits per heavy atom. The number of nitrogens with one attached hydrogen (secondary N) is 1. The van der Waals surface area contributed by atoms with Crippen LogP contribution < -0.4 is 16.2 Å². The summed E-state index contributed by atoms with van der Waals surface area (Å²) in [5.74, 6) is 6.58. The molecule has 0 saturated carbocycles. The van der Waals surface area contributed by atoms with Gasteiger partial charge in [0.05, 0.1) is 17.1 Å². The monoisotopic (exact) mass is 253 g/mol. The van der Waals surface area contributed by atoms with Crippen LogP contribution >= 0.6 is 0 Å². The first-order valence-electron chi connectivity index (χ1n) is 5.86. The highest BCUT2D eigenvalue weighted by Crippen LogP contribution is 2.23. The lowest BCUT2D eigenvalue weighted by molar-refractivity contribution is -0.384. The molecule has 1 rings (SSSR count). The van der Waals surface area contributed by atoms with Crippen molar-refractivity contribution in [1.82, 2.24) is 4.98 Å². The molecule has 3 N–H and O–H groups in total. The number of hydrazine groups is 1. The van der Waals surface area contributed by atoms with Crippen LogP contribution in [-0.2, 0) is 0 Å². The van der Waals surface area contributed by atoms with Gasteiger partial charge in [0.15, 0.2) is 0 Å². The Bertz CT molecular complexity index is 422. The SMILES string of the molecule is CCN(CC(C)C)c1cc([N+](=O)[O-])cc(NN)n1. The summed E-state index contributed by atoms with van der Waals surface area (Å²) in [7, 11) is 0. The van der Waals surface area contributed by atoms with Gasteiger partial charge >= 0.3 is 0 Å². The zero-order valence-electron chi connectivity index (χ0n) is 10.9. The third-order valence-corrected chi connectivity index (χ3v) is 2.45. The van der Waals surface area contributed by atoms with Gasteiger partial charge in [-0.05, 0) is 12.8 Å². The molecule has 0 saturated heterocycles. The number of nitro groups is 1. The fourth-order valence-electron chi connectivity index (χ4n) is 1.67. The van der Waals surface area contributed by atoms with Gasteiger partial charge in [0, 0.05) is 13.1 Å². The Kier molecular flexibility index (Phi) is 4.85. The Morgan fingerprint density at radius 1 is 1.56 bits per heavy atom. The Labute approximate surface area is 106 Å². The molecule has 1 aromatic rings. The van der Waals surface area contributed by atoms with Crippen molar-refractivity contribution in [2.24, 2.45) is 11.8 Å². The second-order valence-corrected chi connectivity index (χ2v) is 4.40. The van der Waals surface area contributed by atoms with E-state index in [0.29, 0.717) is 17.6 Å². The lowest BCUT2D eigenvalue weighted by Gasteiger charge is -2.24. The minimum absolute atomic E-state index is 0.0184. The third kappa shape index (κ3) is 3.56. The number of nitrogens with zero attached hydrogens (tertiary/aromatic N) is 3. The molecule has 0 aromatic carbocycles. The topological polar surface area (TPSA) is 97.3 Å². The van der Waals surface area contributed by atoms with Crippen molar-refractivity contribution >= 4 is 17.3 Å². The second kappa shape index (κ2) is 6.15. The van der Waals surface area contributed by atoms with Gasteiger partial charge in [-0.15, -0.1) is 0 Å². The summed E-state index contributed by atoms with van der Waals surface area (Å²) in [5.41, 5.74) is 2.33. The quantitative estimate of drug-likeness (QED) is 0.455. The average Bonchev–Trinajstić information content (AvgIpc) is 2.34. The van der Waals surface area contributed by atoms with Crippen LogP contribution in [0.1, 0.15) is 20.8 Å². The first kappa shape index (κ1) is 14.2. The van der Waals surface area contributed by atoms with E-state index in [1.807, 2.05) is 11.8 Å². The van der Waals surface area contributed by atoms with Crippen LogP contribution in [0.2, 0.25) is 0 Å². The molecule has 0 aliphatic carbocycles. The Balaban J connectivity index is 3.12. The van der Waals surface area contributed by atoms with E-state index in [1.165, 1.54) is 12.1 Å². The minimum atomic E-state index is -0.449. The summed E-state index contributed by atoms with van der Waals surface area (Å²) in [6.07, 6.45) is 0. The zero-order chi connectivity index (χ0) is 13.7. The van der Waals surface area contributed by atoms with Gasteiger partial charge in [-0.25, -0.2) is 10.8 Å². The van der Waals surface area contributed by atoms with E-state index in [1.54, 1.807) is 0 Å². The van der Waals surface area contributed by atoms with Crippen molar-refractivity contribution in [2.45, 2.75) is 20.8 Å². The maximum absolute atomic E-state index is 10.8. The van der Waals surface area contributed by atoms with Gasteiger partial charge in [-0.1, -0.05) is 13.8 Å². The second-order valence-electron chi connectivity index (χ2n) is 4.40. The Hall–Kier alpha value is -1.89. The van der Waals surface area contributed by atoms with Crippen molar-refractivity contribution in [2.75, 3.05) is 23.4 Å². The zero-order valence-corrected chi connectivity index (χ0v) is 10.9. The molecule has 0 amide bonds. The number of pyridine rings is 1. The smallest absolute Gasteiger partial charge is 0.276 e. The molecule has 0 aliphatic rings. The van der Waals surface area contributed by atoms with E-state index >= 15 is 0 Å². The number of nitrogens with two attached hydrogens (primary N) is 1. The standard InChI is InChI=1S/C11H19N5O2/c1-4-15(7-8(2)3)11-6-9(16(17)18)5-10(13-11)14-12/h5-6,8H,4,7,12H2,1-3H3,(H,13,14). The van der Waals surface area contributed by atoms with Crippen LogP contribution in [0.4, 0.5) is 17.3 Å². The largest absolute Gasteiger partial charge is 0.356 e. The summed E-state index contributed by atoms with van der Waals surface area (Å²) < 4.78 is 0. The van der Waals surface area contributed by atoms with E-state index in [0.717, 1.165) is 13.1 Å². The van der Waals surface area contributed by atoms with Gasteiger partial charge in [-0.2, -0.15) is 0 Å². The molecule has 100 valence electrons. The van der Waals surface area contributed by atoms with Crippen LogP contribution in [0.5, 0.6) is 0 Å². The summed E-state index contributed by atoms with van der Waals surface area (Å²) in [4.78, 5) is 16.6. The highest BCUT2D eigenvalue weighted by molar-refractivity contribution is 5.55. The fourth-order valence-corrected chi connectivity index (χ4v) is 1.67. The molecule has 0 fully saturated rings. The van der Waals surface area contributed by atoms with E-state index in [2.05, 4.69) is 24.3 Å². The van der Waals surface area contributed by atoms with Gasteiger partial charge in [-0.3, -0.25) is 10.1 Å². The number of rotatable bonds is 6. The maximum atomic E-state index is 10.8. The summed E-state index contributed by atoms with van der Waals surface area (Å²) in [6.45, 7) is 7.67. The summed E-state index contributed by atoms with van der Waals surface area (Å²) >= 11 is 0. The van der Waals surface area contributed by atoms with E-state index in [9.17, 15) is 10.1 Å². The average molecular weight is 253 g/mol. The van der Waals surface area contributed by atoms with Crippen molar-refractivity contribution < 1.29 is 4.92 Å². The molecular weight excluding hydrogens is 234 g/mol. The molecule has 0 atom stereocenters. The lowest BCUT2D eigenvalue weighted by atomic mass is 10.2. The molecule has 18 heavy (non-hydrogen) atoms. The van der Waals surface area contributed by atoms with Crippen LogP contribution in [-0.4, -0.2) is 23.0 Å². The highest BCUT2D eigenvalue weighted by Gasteiger charge is 2.15. The van der Waals surface area contributed by atoms with Gasteiger partial charge < -0.3 is 10.3 Å². The van der Waals surface area contributed by atoms with Crippen LogP contribution in [0.15, 0.2) is 12.1 Å². The summed E-state index contributed by atoms with van der Waals surface area (Å²) in [6, 6.07) is 2.78. The lowest BCUT2D eigenvalue weighted by Crippen LogP contribution is -2.28. The molecule has 0 radical (unpaired) electrons. The molecule has 0 aliphatic heterocycles. The van der Waals surface area contributed by atoms with E-state index in [-0.39, 0.29) is 5.69 Å². The number of hydrogen-bond donors (Lipinski definition) is 2. The number of aromatic nitrogens is 1. The molecule has 0 bridgehead atoms. The minimum Gasteiger partial charge on any atom is -0.356 e. The molecule has 0 unspecified atom stereocenters. The van der Waals surface area contributed by atoms with Crippen molar-refractivity contribution in [3.8, 4) is 0 Å². The Morgan fingerprint density at radius 3 is 2.67 bits per heavy atom.